The monoisotopic (exact) mass is 473 g/mol. The fourth-order valence-electron chi connectivity index (χ4n) is 5.66. The summed E-state index contributed by atoms with van der Waals surface area (Å²) in [7, 11) is 0. The number of nitrogens with one attached hydrogen (secondary N) is 1. The average molecular weight is 474 g/mol. The number of pyridine rings is 1. The molecule has 6 heteroatoms. The standard InChI is InChI=1S/C29H32FN3O2/c1-29-18-26(22-12-14-23(30)15-13-22)33(27(29)10-2-3-11-28(34)32-29)19-21-7-6-9-25(17-21)35-20-24-8-4-5-16-31-24/h4-9,12-17,26-27H,2-3,10-11,18-20H2,1H3,(H,32,34)/t26-,27-,29-/m0/s1. The first-order valence-corrected chi connectivity index (χ1v) is 12.4. The average Bonchev–Trinajstić information content (AvgIpc) is 3.11. The van der Waals surface area contributed by atoms with Crippen molar-refractivity contribution < 1.29 is 13.9 Å². The summed E-state index contributed by atoms with van der Waals surface area (Å²) < 4.78 is 19.7. The lowest BCUT2D eigenvalue weighted by molar-refractivity contribution is -0.123. The summed E-state index contributed by atoms with van der Waals surface area (Å²) in [4.78, 5) is 19.4. The second-order valence-electron chi connectivity index (χ2n) is 9.93. The van der Waals surface area contributed by atoms with Gasteiger partial charge in [-0.15, -0.1) is 0 Å². The van der Waals surface area contributed by atoms with E-state index in [0.29, 0.717) is 13.0 Å². The van der Waals surface area contributed by atoms with Gasteiger partial charge in [-0.05, 0) is 73.7 Å². The van der Waals surface area contributed by atoms with Crippen molar-refractivity contribution in [2.24, 2.45) is 0 Å². The number of carbonyl (C=O) groups excluding carboxylic acids is 1. The van der Waals surface area contributed by atoms with Gasteiger partial charge in [-0.1, -0.05) is 36.8 Å². The van der Waals surface area contributed by atoms with Gasteiger partial charge in [0.25, 0.3) is 0 Å². The number of hydrogen-bond acceptors (Lipinski definition) is 4. The van der Waals surface area contributed by atoms with Gasteiger partial charge >= 0.3 is 0 Å². The van der Waals surface area contributed by atoms with Crippen molar-refractivity contribution in [2.75, 3.05) is 0 Å². The van der Waals surface area contributed by atoms with Crippen LogP contribution in [0.1, 0.15) is 61.9 Å². The second kappa shape index (κ2) is 10.2. The van der Waals surface area contributed by atoms with Crippen LogP contribution in [-0.4, -0.2) is 27.4 Å². The highest BCUT2D eigenvalue weighted by Gasteiger charge is 2.50. The largest absolute Gasteiger partial charge is 0.487 e. The van der Waals surface area contributed by atoms with E-state index in [9.17, 15) is 9.18 Å². The lowest BCUT2D eigenvalue weighted by atomic mass is 9.85. The van der Waals surface area contributed by atoms with Gasteiger partial charge in [-0.2, -0.15) is 0 Å². The van der Waals surface area contributed by atoms with E-state index >= 15 is 0 Å². The summed E-state index contributed by atoms with van der Waals surface area (Å²) in [5.74, 6) is 0.697. The number of ether oxygens (including phenoxy) is 1. The van der Waals surface area contributed by atoms with Crippen molar-refractivity contribution in [1.29, 1.82) is 0 Å². The first-order valence-electron chi connectivity index (χ1n) is 12.4. The number of benzene rings is 2. The maximum Gasteiger partial charge on any atom is 0.220 e. The lowest BCUT2D eigenvalue weighted by Crippen LogP contribution is -2.55. The van der Waals surface area contributed by atoms with Gasteiger partial charge in [-0.3, -0.25) is 14.7 Å². The Morgan fingerprint density at radius 3 is 2.77 bits per heavy atom. The SMILES string of the molecule is C[C@]12C[C@@H](c3ccc(F)cc3)N(Cc3cccc(OCc4ccccn4)c3)[C@H]1CCCCC(=O)N2. The highest BCUT2D eigenvalue weighted by atomic mass is 19.1. The molecular formula is C29H32FN3O2. The molecule has 1 amide bonds. The zero-order valence-corrected chi connectivity index (χ0v) is 20.1. The third kappa shape index (κ3) is 5.38. The van der Waals surface area contributed by atoms with Gasteiger partial charge in [-0.25, -0.2) is 4.39 Å². The second-order valence-corrected chi connectivity index (χ2v) is 9.93. The smallest absolute Gasteiger partial charge is 0.220 e. The van der Waals surface area contributed by atoms with Crippen molar-refractivity contribution in [3.05, 3.63) is 95.6 Å². The van der Waals surface area contributed by atoms with Crippen LogP contribution < -0.4 is 10.1 Å². The molecule has 1 N–H and O–H groups in total. The van der Waals surface area contributed by atoms with Crippen molar-refractivity contribution in [1.82, 2.24) is 15.2 Å². The van der Waals surface area contributed by atoms with Crippen LogP contribution >= 0.6 is 0 Å². The zero-order chi connectivity index (χ0) is 24.3. The molecule has 2 saturated heterocycles. The van der Waals surface area contributed by atoms with Crippen LogP contribution in [0.3, 0.4) is 0 Å². The number of hydrogen-bond donors (Lipinski definition) is 1. The normalized spacial score (nSPS) is 24.8. The first-order chi connectivity index (χ1) is 17.0. The van der Waals surface area contributed by atoms with Crippen molar-refractivity contribution >= 4 is 5.91 Å². The highest BCUT2D eigenvalue weighted by molar-refractivity contribution is 5.77. The van der Waals surface area contributed by atoms with E-state index in [1.807, 2.05) is 42.5 Å². The van der Waals surface area contributed by atoms with Crippen LogP contribution in [0.4, 0.5) is 4.39 Å². The lowest BCUT2D eigenvalue weighted by Gasteiger charge is -2.38. The minimum atomic E-state index is -0.330. The van der Waals surface area contributed by atoms with E-state index in [1.54, 1.807) is 6.20 Å². The molecule has 0 spiro atoms. The molecule has 5 rings (SSSR count). The molecule has 2 aliphatic heterocycles. The highest BCUT2D eigenvalue weighted by Crippen LogP contribution is 2.46. The van der Waals surface area contributed by atoms with Crippen LogP contribution in [0.25, 0.3) is 0 Å². The Hall–Kier alpha value is -3.25. The molecule has 0 saturated carbocycles. The Morgan fingerprint density at radius 1 is 1.11 bits per heavy atom. The third-order valence-electron chi connectivity index (χ3n) is 7.34. The molecule has 3 aromatic rings. The summed E-state index contributed by atoms with van der Waals surface area (Å²) in [6, 6.07) is 21.1. The van der Waals surface area contributed by atoms with Gasteiger partial charge in [0.05, 0.1) is 11.2 Å². The quantitative estimate of drug-likeness (QED) is 0.509. The Morgan fingerprint density at radius 2 is 1.97 bits per heavy atom. The van der Waals surface area contributed by atoms with Crippen LogP contribution in [0.2, 0.25) is 0 Å². The van der Waals surface area contributed by atoms with E-state index in [2.05, 4.69) is 34.3 Å². The number of fused-ring (bicyclic) bond motifs is 1. The van der Waals surface area contributed by atoms with E-state index in [-0.39, 0.29) is 29.3 Å². The summed E-state index contributed by atoms with van der Waals surface area (Å²) >= 11 is 0. The summed E-state index contributed by atoms with van der Waals surface area (Å²) in [6.07, 6.45) is 6.09. The molecule has 3 atom stereocenters. The number of aromatic nitrogens is 1. The molecular weight excluding hydrogens is 441 g/mol. The molecule has 2 aromatic carbocycles. The van der Waals surface area contributed by atoms with Crippen molar-refractivity contribution in [3.63, 3.8) is 0 Å². The number of amides is 1. The van der Waals surface area contributed by atoms with Gasteiger partial charge < -0.3 is 10.1 Å². The number of carbonyl (C=O) groups is 1. The molecule has 35 heavy (non-hydrogen) atoms. The fourth-order valence-corrected chi connectivity index (χ4v) is 5.66. The zero-order valence-electron chi connectivity index (χ0n) is 20.1. The van der Waals surface area contributed by atoms with Crippen LogP contribution in [0.5, 0.6) is 5.75 Å². The summed E-state index contributed by atoms with van der Waals surface area (Å²) in [5, 5.41) is 3.35. The van der Waals surface area contributed by atoms with Crippen LogP contribution in [0, 0.1) is 5.82 Å². The molecule has 2 aliphatic rings. The van der Waals surface area contributed by atoms with Gasteiger partial charge in [0, 0.05) is 31.2 Å². The molecule has 0 unspecified atom stereocenters. The third-order valence-corrected chi connectivity index (χ3v) is 7.34. The Bertz CT molecular complexity index is 1150. The molecule has 0 bridgehead atoms. The van der Waals surface area contributed by atoms with Crippen molar-refractivity contribution in [2.45, 2.75) is 69.8 Å². The van der Waals surface area contributed by atoms with E-state index in [1.165, 1.54) is 12.1 Å². The van der Waals surface area contributed by atoms with E-state index in [4.69, 9.17) is 4.74 Å². The number of likely N-dealkylation sites (tertiary alicyclic amines) is 1. The molecule has 0 radical (unpaired) electrons. The summed E-state index contributed by atoms with van der Waals surface area (Å²) in [6.45, 7) is 3.31. The van der Waals surface area contributed by atoms with Crippen LogP contribution in [-0.2, 0) is 17.9 Å². The maximum atomic E-state index is 13.7. The Balaban J connectivity index is 1.41. The van der Waals surface area contributed by atoms with Gasteiger partial charge in [0.2, 0.25) is 5.91 Å². The molecule has 3 heterocycles. The maximum absolute atomic E-state index is 13.7. The fraction of sp³-hybridized carbons (Fsp3) is 0.379. The predicted molar refractivity (Wildman–Crippen MR) is 133 cm³/mol. The number of halogens is 1. The first kappa shape index (κ1) is 23.5. The number of nitrogens with zero attached hydrogens (tertiary/aromatic N) is 2. The minimum absolute atomic E-state index is 0.0853. The predicted octanol–water partition coefficient (Wildman–Crippen LogP) is 5.56. The molecule has 2 fully saturated rings. The Labute approximate surface area is 206 Å². The summed E-state index contributed by atoms with van der Waals surface area (Å²) in [5.41, 5.74) is 2.78. The number of rotatable bonds is 6. The van der Waals surface area contributed by atoms with E-state index in [0.717, 1.165) is 54.8 Å². The molecule has 1 aromatic heterocycles. The molecule has 5 nitrogen and oxygen atoms in total. The van der Waals surface area contributed by atoms with Gasteiger partial charge in [0.15, 0.2) is 0 Å². The minimum Gasteiger partial charge on any atom is -0.487 e. The molecule has 0 aliphatic carbocycles. The molecule has 182 valence electrons. The van der Waals surface area contributed by atoms with E-state index < -0.39 is 0 Å². The Kier molecular flexibility index (Phi) is 6.82. The van der Waals surface area contributed by atoms with Crippen molar-refractivity contribution in [3.8, 4) is 5.75 Å². The van der Waals surface area contributed by atoms with Gasteiger partial charge in [0.1, 0.15) is 18.2 Å². The topological polar surface area (TPSA) is 54.5 Å². The van der Waals surface area contributed by atoms with Crippen LogP contribution in [0.15, 0.2) is 72.9 Å².